The molecule has 3 aromatic rings. The van der Waals surface area contributed by atoms with Crippen molar-refractivity contribution in [1.82, 2.24) is 15.3 Å². The highest BCUT2D eigenvalue weighted by molar-refractivity contribution is 5.91. The first-order valence-electron chi connectivity index (χ1n) is 9.05. The lowest BCUT2D eigenvalue weighted by molar-refractivity contribution is 0.0642. The molecule has 27 heavy (non-hydrogen) atoms. The molecule has 1 aliphatic rings. The maximum absolute atomic E-state index is 12.2. The maximum atomic E-state index is 12.2. The number of aromatic nitrogens is 2. The van der Waals surface area contributed by atoms with Gasteiger partial charge in [-0.2, -0.15) is 0 Å². The van der Waals surface area contributed by atoms with Gasteiger partial charge < -0.3 is 19.2 Å². The van der Waals surface area contributed by atoms with Crippen LogP contribution in [-0.4, -0.2) is 35.6 Å². The molecule has 4 rings (SSSR count). The van der Waals surface area contributed by atoms with E-state index in [2.05, 4.69) is 15.3 Å². The van der Waals surface area contributed by atoms with E-state index >= 15 is 0 Å². The Balaban J connectivity index is 1.34. The Morgan fingerprint density at radius 1 is 1.26 bits per heavy atom. The van der Waals surface area contributed by atoms with Crippen molar-refractivity contribution in [3.63, 3.8) is 0 Å². The third-order valence-electron chi connectivity index (χ3n) is 4.67. The van der Waals surface area contributed by atoms with E-state index in [1.165, 1.54) is 6.26 Å². The van der Waals surface area contributed by atoms with Gasteiger partial charge in [-0.3, -0.25) is 9.78 Å². The van der Waals surface area contributed by atoms with Crippen LogP contribution in [0.5, 0.6) is 5.75 Å². The zero-order valence-electron chi connectivity index (χ0n) is 14.9. The molecule has 140 valence electrons. The molecule has 3 heterocycles. The van der Waals surface area contributed by atoms with Gasteiger partial charge >= 0.3 is 0 Å². The number of hydrogen-bond acceptors (Lipinski definition) is 6. The number of nitrogens with zero attached hydrogens (tertiary/aromatic N) is 2. The number of carbonyl (C=O) groups excluding carboxylic acids is 1. The molecule has 0 spiro atoms. The molecular weight excluding hydrogens is 346 g/mol. The monoisotopic (exact) mass is 367 g/mol. The van der Waals surface area contributed by atoms with Crippen LogP contribution in [0.2, 0.25) is 0 Å². The summed E-state index contributed by atoms with van der Waals surface area (Å²) in [6.45, 7) is 2.30. The fourth-order valence-electron chi connectivity index (χ4n) is 3.12. The van der Waals surface area contributed by atoms with Crippen molar-refractivity contribution in [1.29, 1.82) is 0 Å². The highest BCUT2D eigenvalue weighted by Gasteiger charge is 2.17. The van der Waals surface area contributed by atoms with E-state index in [0.29, 0.717) is 18.4 Å². The Bertz CT molecular complexity index is 913. The van der Waals surface area contributed by atoms with Gasteiger partial charge in [0.15, 0.2) is 12.3 Å². The Morgan fingerprint density at radius 3 is 3.04 bits per heavy atom. The van der Waals surface area contributed by atoms with E-state index in [0.717, 1.165) is 42.6 Å². The number of pyridine rings is 1. The summed E-state index contributed by atoms with van der Waals surface area (Å²) in [6.07, 6.45) is 6.82. The molecule has 1 aromatic carbocycles. The van der Waals surface area contributed by atoms with E-state index < -0.39 is 0 Å². The van der Waals surface area contributed by atoms with Crippen LogP contribution in [0.3, 0.4) is 0 Å². The molecule has 0 radical (unpaired) electrons. The first kappa shape index (κ1) is 17.5. The zero-order valence-corrected chi connectivity index (χ0v) is 14.9. The SMILES string of the molecule is O=C(NCC1CCOCC1)c1coc(COc2cccc3cnccc23)n1. The first-order chi connectivity index (χ1) is 13.3. The standard InChI is InChI=1S/C20H21N3O4/c24-20(22-10-14-5-8-25-9-6-14)17-12-27-19(23-17)13-26-18-3-1-2-15-11-21-7-4-16(15)18/h1-4,7,11-12,14H,5-6,8-10,13H2,(H,22,24). The smallest absolute Gasteiger partial charge is 0.273 e. The van der Waals surface area contributed by atoms with Crippen LogP contribution >= 0.6 is 0 Å². The summed E-state index contributed by atoms with van der Waals surface area (Å²) >= 11 is 0. The van der Waals surface area contributed by atoms with Crippen LogP contribution in [-0.2, 0) is 11.3 Å². The Labute approximate surface area is 156 Å². The molecule has 0 saturated carbocycles. The van der Waals surface area contributed by atoms with Crippen molar-refractivity contribution in [2.45, 2.75) is 19.4 Å². The molecule has 1 N–H and O–H groups in total. The third kappa shape index (κ3) is 4.25. The van der Waals surface area contributed by atoms with Crippen molar-refractivity contribution in [3.8, 4) is 5.75 Å². The number of ether oxygens (including phenoxy) is 2. The second-order valence-electron chi connectivity index (χ2n) is 6.53. The molecule has 7 heteroatoms. The van der Waals surface area contributed by atoms with Gasteiger partial charge in [0.1, 0.15) is 12.0 Å². The minimum atomic E-state index is -0.229. The Morgan fingerprint density at radius 2 is 2.15 bits per heavy atom. The highest BCUT2D eigenvalue weighted by atomic mass is 16.5. The second kappa shape index (κ2) is 8.18. The third-order valence-corrected chi connectivity index (χ3v) is 4.67. The molecule has 7 nitrogen and oxygen atoms in total. The van der Waals surface area contributed by atoms with Crippen molar-refractivity contribution >= 4 is 16.7 Å². The molecule has 0 atom stereocenters. The topological polar surface area (TPSA) is 86.5 Å². The van der Waals surface area contributed by atoms with Crippen LogP contribution in [0, 0.1) is 5.92 Å². The van der Waals surface area contributed by atoms with Gasteiger partial charge in [0.25, 0.3) is 5.91 Å². The number of hydrogen-bond donors (Lipinski definition) is 1. The molecular formula is C20H21N3O4. The molecule has 0 unspecified atom stereocenters. The van der Waals surface area contributed by atoms with Crippen molar-refractivity contribution in [2.24, 2.45) is 5.92 Å². The largest absolute Gasteiger partial charge is 0.483 e. The summed E-state index contributed by atoms with van der Waals surface area (Å²) in [6, 6.07) is 7.66. The predicted molar refractivity (Wildman–Crippen MR) is 98.5 cm³/mol. The van der Waals surface area contributed by atoms with Crippen LogP contribution in [0.15, 0.2) is 47.3 Å². The van der Waals surface area contributed by atoms with Crippen molar-refractivity contribution in [3.05, 3.63) is 54.5 Å². The minimum Gasteiger partial charge on any atom is -0.483 e. The summed E-state index contributed by atoms with van der Waals surface area (Å²) in [5, 5.41) is 4.88. The molecule has 0 bridgehead atoms. The summed E-state index contributed by atoms with van der Waals surface area (Å²) in [5.41, 5.74) is 0.266. The fourth-order valence-corrected chi connectivity index (χ4v) is 3.12. The molecule has 1 aliphatic heterocycles. The molecule has 1 amide bonds. The van der Waals surface area contributed by atoms with Crippen LogP contribution in [0.1, 0.15) is 29.2 Å². The minimum absolute atomic E-state index is 0.148. The second-order valence-corrected chi connectivity index (χ2v) is 6.53. The van der Waals surface area contributed by atoms with E-state index in [1.807, 2.05) is 24.3 Å². The van der Waals surface area contributed by atoms with Gasteiger partial charge in [0.2, 0.25) is 5.89 Å². The van der Waals surface area contributed by atoms with Crippen LogP contribution < -0.4 is 10.1 Å². The first-order valence-corrected chi connectivity index (χ1v) is 9.05. The van der Waals surface area contributed by atoms with E-state index in [1.54, 1.807) is 12.4 Å². The number of oxazole rings is 1. The van der Waals surface area contributed by atoms with Crippen molar-refractivity contribution < 1.29 is 18.7 Å². The summed E-state index contributed by atoms with van der Waals surface area (Å²) < 4.78 is 16.5. The average Bonchev–Trinajstić information content (AvgIpc) is 3.20. The van der Waals surface area contributed by atoms with Crippen LogP contribution in [0.4, 0.5) is 0 Å². The summed E-state index contributed by atoms with van der Waals surface area (Å²) in [7, 11) is 0. The number of fused-ring (bicyclic) bond motifs is 1. The number of carbonyl (C=O) groups is 1. The van der Waals surface area contributed by atoms with Gasteiger partial charge in [-0.25, -0.2) is 4.98 Å². The predicted octanol–water partition coefficient (Wildman–Crippen LogP) is 2.96. The Hall–Kier alpha value is -2.93. The maximum Gasteiger partial charge on any atom is 0.273 e. The average molecular weight is 367 g/mol. The molecule has 0 aliphatic carbocycles. The zero-order chi connectivity index (χ0) is 18.5. The van der Waals surface area contributed by atoms with Gasteiger partial charge in [-0.05, 0) is 30.9 Å². The lowest BCUT2D eigenvalue weighted by Gasteiger charge is -2.21. The van der Waals surface area contributed by atoms with Gasteiger partial charge in [0.05, 0.1) is 0 Å². The van der Waals surface area contributed by atoms with E-state index in [-0.39, 0.29) is 18.2 Å². The summed E-state index contributed by atoms with van der Waals surface area (Å²) in [5.74, 6) is 1.31. The molecule has 1 fully saturated rings. The van der Waals surface area contributed by atoms with Gasteiger partial charge in [-0.1, -0.05) is 12.1 Å². The quantitative estimate of drug-likeness (QED) is 0.721. The number of benzene rings is 1. The molecule has 1 saturated heterocycles. The number of nitrogens with one attached hydrogen (secondary N) is 1. The molecule has 2 aromatic heterocycles. The van der Waals surface area contributed by atoms with Gasteiger partial charge in [-0.15, -0.1) is 0 Å². The highest BCUT2D eigenvalue weighted by Crippen LogP contribution is 2.25. The van der Waals surface area contributed by atoms with E-state index in [4.69, 9.17) is 13.9 Å². The lowest BCUT2D eigenvalue weighted by Crippen LogP contribution is -2.32. The lowest BCUT2D eigenvalue weighted by atomic mass is 10.0. The van der Waals surface area contributed by atoms with Crippen molar-refractivity contribution in [2.75, 3.05) is 19.8 Å². The van der Waals surface area contributed by atoms with Gasteiger partial charge in [0, 0.05) is 42.9 Å². The Kier molecular flexibility index (Phi) is 5.29. The normalized spacial score (nSPS) is 15.0. The number of amides is 1. The van der Waals surface area contributed by atoms with E-state index in [9.17, 15) is 4.79 Å². The fraction of sp³-hybridized carbons (Fsp3) is 0.350. The van der Waals surface area contributed by atoms with Crippen LogP contribution in [0.25, 0.3) is 10.8 Å². The summed E-state index contributed by atoms with van der Waals surface area (Å²) in [4.78, 5) is 20.6. The number of rotatable bonds is 6.